The third kappa shape index (κ3) is 1.45. The lowest BCUT2D eigenvalue weighted by atomic mass is 10.4. The molecule has 0 aliphatic heterocycles. The highest BCUT2D eigenvalue weighted by molar-refractivity contribution is 5.95. The molecular formula is C7H10N4O. The van der Waals surface area contributed by atoms with E-state index in [-0.39, 0.29) is 5.69 Å². The molecule has 0 aliphatic carbocycles. The van der Waals surface area contributed by atoms with Gasteiger partial charge in [-0.05, 0) is 0 Å². The van der Waals surface area contributed by atoms with Gasteiger partial charge in [-0.25, -0.2) is 0 Å². The van der Waals surface area contributed by atoms with Gasteiger partial charge < -0.3 is 11.5 Å². The van der Waals surface area contributed by atoms with Crippen LogP contribution in [0.4, 0.5) is 5.69 Å². The summed E-state index contributed by atoms with van der Waals surface area (Å²) in [6.45, 7) is 4.03. The van der Waals surface area contributed by atoms with Crippen molar-refractivity contribution in [2.75, 3.05) is 5.73 Å². The summed E-state index contributed by atoms with van der Waals surface area (Å²) in [5, 5.41) is 3.84. The lowest BCUT2D eigenvalue weighted by molar-refractivity contribution is 0.0995. The van der Waals surface area contributed by atoms with Gasteiger partial charge in [0.25, 0.3) is 5.91 Å². The quantitative estimate of drug-likeness (QED) is 0.607. The summed E-state index contributed by atoms with van der Waals surface area (Å²) >= 11 is 0. The normalized spacial score (nSPS) is 9.67. The number of hydrogen-bond acceptors (Lipinski definition) is 3. The zero-order valence-corrected chi connectivity index (χ0v) is 6.53. The van der Waals surface area contributed by atoms with Crippen LogP contribution in [0.15, 0.2) is 18.9 Å². The molecule has 1 amide bonds. The van der Waals surface area contributed by atoms with Gasteiger partial charge in [0.2, 0.25) is 0 Å². The van der Waals surface area contributed by atoms with Crippen molar-refractivity contribution in [2.45, 2.75) is 6.54 Å². The van der Waals surface area contributed by atoms with Crippen LogP contribution in [0.2, 0.25) is 0 Å². The summed E-state index contributed by atoms with van der Waals surface area (Å²) in [5.41, 5.74) is 10.9. The predicted octanol–water partition coefficient (Wildman–Crippen LogP) is -0.250. The van der Waals surface area contributed by atoms with E-state index >= 15 is 0 Å². The van der Waals surface area contributed by atoms with Crippen LogP contribution in [0.5, 0.6) is 0 Å². The monoisotopic (exact) mass is 166 g/mol. The van der Waals surface area contributed by atoms with E-state index in [1.807, 2.05) is 0 Å². The van der Waals surface area contributed by atoms with Crippen molar-refractivity contribution in [2.24, 2.45) is 5.73 Å². The molecule has 1 aromatic rings. The molecular weight excluding hydrogens is 156 g/mol. The number of carbonyl (C=O) groups excluding carboxylic acids is 1. The fourth-order valence-electron chi connectivity index (χ4n) is 0.854. The molecule has 0 atom stereocenters. The molecule has 0 saturated heterocycles. The Hall–Kier alpha value is -1.78. The second-order valence-corrected chi connectivity index (χ2v) is 2.31. The van der Waals surface area contributed by atoms with Gasteiger partial charge in [-0.2, -0.15) is 5.10 Å². The summed E-state index contributed by atoms with van der Waals surface area (Å²) in [7, 11) is 0. The highest BCUT2D eigenvalue weighted by Crippen LogP contribution is 2.07. The Balaban J connectivity index is 2.99. The van der Waals surface area contributed by atoms with Crippen LogP contribution in [-0.2, 0) is 6.54 Å². The van der Waals surface area contributed by atoms with Crippen LogP contribution in [0.3, 0.4) is 0 Å². The number of anilines is 1. The van der Waals surface area contributed by atoms with Crippen LogP contribution in [0, 0.1) is 0 Å². The third-order valence-corrected chi connectivity index (χ3v) is 1.34. The van der Waals surface area contributed by atoms with E-state index in [4.69, 9.17) is 11.5 Å². The Labute approximate surface area is 69.7 Å². The Morgan fingerprint density at radius 2 is 2.50 bits per heavy atom. The van der Waals surface area contributed by atoms with E-state index in [0.717, 1.165) is 0 Å². The van der Waals surface area contributed by atoms with Crippen LogP contribution in [0.25, 0.3) is 0 Å². The number of hydrogen-bond donors (Lipinski definition) is 2. The molecule has 5 heteroatoms. The van der Waals surface area contributed by atoms with Crippen molar-refractivity contribution in [3.05, 3.63) is 24.5 Å². The Morgan fingerprint density at radius 1 is 1.83 bits per heavy atom. The molecule has 0 fully saturated rings. The smallest absolute Gasteiger partial charge is 0.271 e. The second kappa shape index (κ2) is 3.08. The summed E-state index contributed by atoms with van der Waals surface area (Å²) in [5.74, 6) is -0.615. The zero-order valence-electron chi connectivity index (χ0n) is 6.53. The average Bonchev–Trinajstić information content (AvgIpc) is 2.32. The fraction of sp³-hybridized carbons (Fsp3) is 0.143. The highest BCUT2D eigenvalue weighted by Gasteiger charge is 2.09. The summed E-state index contributed by atoms with van der Waals surface area (Å²) in [6.07, 6.45) is 3.19. The molecule has 0 aromatic carbocycles. The number of nitrogens with two attached hydrogens (primary N) is 2. The van der Waals surface area contributed by atoms with Gasteiger partial charge in [0.1, 0.15) is 0 Å². The van der Waals surface area contributed by atoms with E-state index in [1.54, 1.807) is 12.3 Å². The first-order chi connectivity index (χ1) is 5.65. The van der Waals surface area contributed by atoms with Gasteiger partial charge in [0, 0.05) is 6.20 Å². The van der Waals surface area contributed by atoms with E-state index in [1.165, 1.54) is 4.68 Å². The molecule has 5 nitrogen and oxygen atoms in total. The van der Waals surface area contributed by atoms with Crippen molar-refractivity contribution in [3.63, 3.8) is 0 Å². The first-order valence-electron chi connectivity index (χ1n) is 3.38. The highest BCUT2D eigenvalue weighted by atomic mass is 16.1. The first-order valence-corrected chi connectivity index (χ1v) is 3.38. The van der Waals surface area contributed by atoms with Crippen molar-refractivity contribution < 1.29 is 4.79 Å². The number of rotatable bonds is 3. The van der Waals surface area contributed by atoms with Crippen LogP contribution in [0.1, 0.15) is 10.5 Å². The van der Waals surface area contributed by atoms with Gasteiger partial charge in [-0.3, -0.25) is 9.48 Å². The minimum Gasteiger partial charge on any atom is -0.396 e. The maximum Gasteiger partial charge on any atom is 0.271 e. The Kier molecular flexibility index (Phi) is 2.14. The Morgan fingerprint density at radius 3 is 2.92 bits per heavy atom. The minimum atomic E-state index is -0.615. The molecule has 12 heavy (non-hydrogen) atoms. The predicted molar refractivity (Wildman–Crippen MR) is 45.4 cm³/mol. The maximum atomic E-state index is 10.7. The van der Waals surface area contributed by atoms with E-state index in [0.29, 0.717) is 12.2 Å². The van der Waals surface area contributed by atoms with Crippen LogP contribution < -0.4 is 11.5 Å². The van der Waals surface area contributed by atoms with Crippen LogP contribution >= 0.6 is 0 Å². The van der Waals surface area contributed by atoms with Crippen molar-refractivity contribution in [3.8, 4) is 0 Å². The number of allylic oxidation sites excluding steroid dienone is 1. The molecule has 1 aromatic heterocycles. The second-order valence-electron chi connectivity index (χ2n) is 2.31. The van der Waals surface area contributed by atoms with Gasteiger partial charge >= 0.3 is 0 Å². The summed E-state index contributed by atoms with van der Waals surface area (Å²) in [4.78, 5) is 10.7. The molecule has 0 aliphatic rings. The SMILES string of the molecule is C=CCn1cc(N)c(C(N)=O)n1. The van der Waals surface area contributed by atoms with Crippen molar-refractivity contribution in [1.29, 1.82) is 0 Å². The molecule has 0 bridgehead atoms. The maximum absolute atomic E-state index is 10.7. The molecule has 64 valence electrons. The number of aromatic nitrogens is 2. The van der Waals surface area contributed by atoms with E-state index < -0.39 is 5.91 Å². The molecule has 0 saturated carbocycles. The minimum absolute atomic E-state index is 0.108. The molecule has 0 spiro atoms. The summed E-state index contributed by atoms with van der Waals surface area (Å²) < 4.78 is 1.50. The largest absolute Gasteiger partial charge is 0.396 e. The first kappa shape index (κ1) is 8.32. The number of amides is 1. The third-order valence-electron chi connectivity index (χ3n) is 1.34. The van der Waals surface area contributed by atoms with Crippen molar-refractivity contribution in [1.82, 2.24) is 9.78 Å². The van der Waals surface area contributed by atoms with Gasteiger partial charge in [0.05, 0.1) is 12.2 Å². The zero-order chi connectivity index (χ0) is 9.14. The Bertz CT molecular complexity index is 315. The van der Waals surface area contributed by atoms with Gasteiger partial charge in [-0.15, -0.1) is 6.58 Å². The lowest BCUT2D eigenvalue weighted by Crippen LogP contribution is -2.14. The fourth-order valence-corrected chi connectivity index (χ4v) is 0.854. The molecule has 4 N–H and O–H groups in total. The standard InChI is InChI=1S/C7H10N4O/c1-2-3-11-4-5(8)6(10-11)7(9)12/h2,4H,1,3,8H2,(H2,9,12). The number of carbonyl (C=O) groups is 1. The lowest BCUT2D eigenvalue weighted by Gasteiger charge is -1.91. The molecule has 1 rings (SSSR count). The average molecular weight is 166 g/mol. The van der Waals surface area contributed by atoms with Gasteiger partial charge in [-0.1, -0.05) is 6.08 Å². The van der Waals surface area contributed by atoms with Crippen LogP contribution in [-0.4, -0.2) is 15.7 Å². The van der Waals surface area contributed by atoms with Crippen molar-refractivity contribution >= 4 is 11.6 Å². The number of nitrogen functional groups attached to an aromatic ring is 1. The topological polar surface area (TPSA) is 86.9 Å². The number of nitrogens with zero attached hydrogens (tertiary/aromatic N) is 2. The summed E-state index contributed by atoms with van der Waals surface area (Å²) in [6, 6.07) is 0. The molecule has 0 radical (unpaired) electrons. The van der Waals surface area contributed by atoms with Gasteiger partial charge in [0.15, 0.2) is 5.69 Å². The van der Waals surface area contributed by atoms with E-state index in [9.17, 15) is 4.79 Å². The number of primary amides is 1. The molecule has 0 unspecified atom stereocenters. The molecule has 1 heterocycles. The van der Waals surface area contributed by atoms with E-state index in [2.05, 4.69) is 11.7 Å².